The third-order valence-corrected chi connectivity index (χ3v) is 2.14. The third kappa shape index (κ3) is 1.39. The number of hydrogen-bond donors (Lipinski definition) is 0. The van der Waals surface area contributed by atoms with Gasteiger partial charge in [-0.05, 0) is 18.1 Å². The average Bonchev–Trinajstić information content (AvgIpc) is 2.17. The van der Waals surface area contributed by atoms with Crippen LogP contribution in [0.5, 0.6) is 0 Å². The molecular weight excluding hydrogens is 160 g/mol. The Kier molecular flexibility index (Phi) is 1.97. The number of nitrogens with zero attached hydrogens (tertiary/aromatic N) is 2. The summed E-state index contributed by atoms with van der Waals surface area (Å²) < 4.78 is 0. The highest BCUT2D eigenvalue weighted by Crippen LogP contribution is 2.21. The summed E-state index contributed by atoms with van der Waals surface area (Å²) >= 11 is 0. The molecule has 2 nitrogen and oxygen atoms in total. The van der Waals surface area contributed by atoms with Crippen LogP contribution in [0.4, 0.5) is 0 Å². The lowest BCUT2D eigenvalue weighted by Crippen LogP contribution is -1.93. The van der Waals surface area contributed by atoms with Gasteiger partial charge >= 0.3 is 0 Å². The van der Waals surface area contributed by atoms with Gasteiger partial charge in [0.25, 0.3) is 0 Å². The van der Waals surface area contributed by atoms with Gasteiger partial charge in [0.1, 0.15) is 0 Å². The number of pyridine rings is 2. The summed E-state index contributed by atoms with van der Waals surface area (Å²) in [5, 5.41) is 2.38. The second kappa shape index (κ2) is 3.13. The zero-order valence-corrected chi connectivity index (χ0v) is 7.86. The largest absolute Gasteiger partial charge is 0.264 e. The summed E-state index contributed by atoms with van der Waals surface area (Å²) in [6.07, 6.45) is 5.54. The molecule has 0 atom stereocenters. The highest BCUT2D eigenvalue weighted by Gasteiger charge is 2.04. The van der Waals surface area contributed by atoms with Crippen molar-refractivity contribution in [1.82, 2.24) is 9.97 Å². The van der Waals surface area contributed by atoms with Gasteiger partial charge in [-0.25, -0.2) is 0 Å². The molecule has 0 saturated heterocycles. The highest BCUT2D eigenvalue weighted by atomic mass is 14.7. The van der Waals surface area contributed by atoms with Crippen molar-refractivity contribution in [3.8, 4) is 0 Å². The standard InChI is InChI=1S/C11H12N2/c1-8(2)11-10-4-5-12-7-9(10)3-6-13-11/h3-8H,1-2H3. The summed E-state index contributed by atoms with van der Waals surface area (Å²) in [5.41, 5.74) is 1.15. The molecular formula is C11H12N2. The Morgan fingerprint density at radius 1 is 1.15 bits per heavy atom. The first-order valence-electron chi connectivity index (χ1n) is 4.47. The maximum atomic E-state index is 4.38. The van der Waals surface area contributed by atoms with E-state index in [2.05, 4.69) is 23.8 Å². The van der Waals surface area contributed by atoms with Gasteiger partial charge in [-0.1, -0.05) is 13.8 Å². The van der Waals surface area contributed by atoms with Crippen molar-refractivity contribution in [2.24, 2.45) is 0 Å². The van der Waals surface area contributed by atoms with Crippen molar-refractivity contribution >= 4 is 10.8 Å². The molecule has 0 saturated carbocycles. The molecule has 2 heteroatoms. The first-order valence-corrected chi connectivity index (χ1v) is 4.47. The van der Waals surface area contributed by atoms with E-state index >= 15 is 0 Å². The molecule has 0 radical (unpaired) electrons. The Morgan fingerprint density at radius 2 is 2.00 bits per heavy atom. The average molecular weight is 172 g/mol. The zero-order valence-electron chi connectivity index (χ0n) is 7.86. The molecule has 2 rings (SSSR count). The minimum atomic E-state index is 0.464. The first kappa shape index (κ1) is 8.17. The van der Waals surface area contributed by atoms with Crippen LogP contribution in [0, 0.1) is 0 Å². The molecule has 0 spiro atoms. The molecule has 2 heterocycles. The Morgan fingerprint density at radius 3 is 2.77 bits per heavy atom. The fourth-order valence-electron chi connectivity index (χ4n) is 1.50. The minimum absolute atomic E-state index is 0.464. The minimum Gasteiger partial charge on any atom is -0.264 e. The Balaban J connectivity index is 2.76. The molecule has 0 aliphatic carbocycles. The van der Waals surface area contributed by atoms with E-state index in [1.807, 2.05) is 30.7 Å². The fraction of sp³-hybridized carbons (Fsp3) is 0.273. The lowest BCUT2D eigenvalue weighted by Gasteiger charge is -2.07. The number of rotatable bonds is 1. The molecule has 0 aromatic carbocycles. The Hall–Kier alpha value is -1.44. The summed E-state index contributed by atoms with van der Waals surface area (Å²) in [7, 11) is 0. The summed E-state index contributed by atoms with van der Waals surface area (Å²) in [5.74, 6) is 0.464. The van der Waals surface area contributed by atoms with Crippen molar-refractivity contribution in [3.63, 3.8) is 0 Å². The molecule has 0 N–H and O–H groups in total. The molecule has 2 aromatic heterocycles. The monoisotopic (exact) mass is 172 g/mol. The van der Waals surface area contributed by atoms with Crippen molar-refractivity contribution < 1.29 is 0 Å². The molecule has 0 aliphatic rings. The van der Waals surface area contributed by atoms with E-state index in [0.717, 1.165) is 5.69 Å². The molecule has 0 amide bonds. The van der Waals surface area contributed by atoms with E-state index < -0.39 is 0 Å². The van der Waals surface area contributed by atoms with E-state index in [-0.39, 0.29) is 0 Å². The van der Waals surface area contributed by atoms with Gasteiger partial charge in [0.05, 0.1) is 5.69 Å². The number of aromatic nitrogens is 2. The molecule has 0 fully saturated rings. The van der Waals surface area contributed by atoms with Crippen LogP contribution < -0.4 is 0 Å². The van der Waals surface area contributed by atoms with Crippen LogP contribution in [-0.2, 0) is 0 Å². The molecule has 0 aliphatic heterocycles. The van der Waals surface area contributed by atoms with Crippen LogP contribution >= 0.6 is 0 Å². The van der Waals surface area contributed by atoms with E-state index in [9.17, 15) is 0 Å². The van der Waals surface area contributed by atoms with Crippen LogP contribution in [0.2, 0.25) is 0 Å². The Bertz CT molecular complexity index is 416. The molecule has 2 aromatic rings. The van der Waals surface area contributed by atoms with Gasteiger partial charge in [0, 0.05) is 29.4 Å². The zero-order chi connectivity index (χ0) is 9.26. The lowest BCUT2D eigenvalue weighted by molar-refractivity contribution is 0.834. The van der Waals surface area contributed by atoms with Gasteiger partial charge in [-0.15, -0.1) is 0 Å². The topological polar surface area (TPSA) is 25.8 Å². The van der Waals surface area contributed by atoms with Crippen LogP contribution in [0.25, 0.3) is 10.8 Å². The van der Waals surface area contributed by atoms with Crippen molar-refractivity contribution in [1.29, 1.82) is 0 Å². The first-order chi connectivity index (χ1) is 6.29. The second-order valence-corrected chi connectivity index (χ2v) is 3.45. The predicted molar refractivity (Wildman–Crippen MR) is 53.6 cm³/mol. The van der Waals surface area contributed by atoms with Crippen LogP contribution in [-0.4, -0.2) is 9.97 Å². The van der Waals surface area contributed by atoms with E-state index in [1.54, 1.807) is 0 Å². The van der Waals surface area contributed by atoms with Gasteiger partial charge in [-0.3, -0.25) is 9.97 Å². The maximum Gasteiger partial charge on any atom is 0.0508 e. The van der Waals surface area contributed by atoms with Gasteiger partial charge in [0.2, 0.25) is 0 Å². The normalized spacial score (nSPS) is 11.0. The second-order valence-electron chi connectivity index (χ2n) is 3.45. The van der Waals surface area contributed by atoms with E-state index in [4.69, 9.17) is 0 Å². The van der Waals surface area contributed by atoms with Crippen LogP contribution in [0.15, 0.2) is 30.7 Å². The van der Waals surface area contributed by atoms with Crippen molar-refractivity contribution in [3.05, 3.63) is 36.4 Å². The third-order valence-electron chi connectivity index (χ3n) is 2.14. The molecule has 0 unspecified atom stereocenters. The Labute approximate surface area is 77.6 Å². The number of hydrogen-bond acceptors (Lipinski definition) is 2. The summed E-state index contributed by atoms with van der Waals surface area (Å²) in [6.45, 7) is 4.31. The van der Waals surface area contributed by atoms with Crippen molar-refractivity contribution in [2.45, 2.75) is 19.8 Å². The maximum absolute atomic E-state index is 4.38. The fourth-order valence-corrected chi connectivity index (χ4v) is 1.50. The predicted octanol–water partition coefficient (Wildman–Crippen LogP) is 2.75. The quantitative estimate of drug-likeness (QED) is 0.661. The van der Waals surface area contributed by atoms with Gasteiger partial charge in [0.15, 0.2) is 0 Å². The summed E-state index contributed by atoms with van der Waals surface area (Å²) in [6, 6.07) is 4.02. The van der Waals surface area contributed by atoms with Crippen LogP contribution in [0.1, 0.15) is 25.5 Å². The molecule has 0 bridgehead atoms. The van der Waals surface area contributed by atoms with Crippen molar-refractivity contribution in [2.75, 3.05) is 0 Å². The van der Waals surface area contributed by atoms with E-state index in [1.165, 1.54) is 10.8 Å². The highest BCUT2D eigenvalue weighted by molar-refractivity contribution is 5.83. The van der Waals surface area contributed by atoms with Gasteiger partial charge in [-0.2, -0.15) is 0 Å². The van der Waals surface area contributed by atoms with E-state index in [0.29, 0.717) is 5.92 Å². The molecule has 66 valence electrons. The smallest absolute Gasteiger partial charge is 0.0508 e. The van der Waals surface area contributed by atoms with Crippen LogP contribution in [0.3, 0.4) is 0 Å². The SMILES string of the molecule is CC(C)c1nccc2cnccc12. The molecule has 13 heavy (non-hydrogen) atoms. The number of fused-ring (bicyclic) bond motifs is 1. The lowest BCUT2D eigenvalue weighted by atomic mass is 10.0. The van der Waals surface area contributed by atoms with Gasteiger partial charge < -0.3 is 0 Å². The summed E-state index contributed by atoms with van der Waals surface area (Å²) in [4.78, 5) is 8.46.